The quantitative estimate of drug-likeness (QED) is 0.734. The molecule has 0 amide bonds. The fourth-order valence-electron chi connectivity index (χ4n) is 1.84. The van der Waals surface area contributed by atoms with Crippen molar-refractivity contribution in [3.63, 3.8) is 0 Å². The maximum Gasteiger partial charge on any atom is 0.322 e. The van der Waals surface area contributed by atoms with E-state index in [1.54, 1.807) is 7.11 Å². The van der Waals surface area contributed by atoms with Gasteiger partial charge in [-0.05, 0) is 24.1 Å². The molecule has 1 unspecified atom stereocenters. The molecule has 1 aromatic rings. The van der Waals surface area contributed by atoms with Gasteiger partial charge in [0.1, 0.15) is 11.8 Å². The highest BCUT2D eigenvalue weighted by molar-refractivity contribution is 5.75. The first-order valence-corrected chi connectivity index (χ1v) is 6.65. The van der Waals surface area contributed by atoms with Gasteiger partial charge in [0.15, 0.2) is 0 Å². The lowest BCUT2D eigenvalue weighted by atomic mass is 10.1. The number of hydrogen-bond acceptors (Lipinski definition) is 4. The number of methoxy groups -OCH3 is 2. The van der Waals surface area contributed by atoms with Crippen LogP contribution in [0.1, 0.15) is 31.7 Å². The summed E-state index contributed by atoms with van der Waals surface area (Å²) in [6, 6.07) is 7.57. The Labute approximate surface area is 115 Å². The molecule has 0 aliphatic heterocycles. The summed E-state index contributed by atoms with van der Waals surface area (Å²) in [5.74, 6) is 0.640. The van der Waals surface area contributed by atoms with E-state index < -0.39 is 0 Å². The number of rotatable bonds is 8. The Balaban J connectivity index is 2.51. The predicted molar refractivity (Wildman–Crippen MR) is 75.2 cm³/mol. The van der Waals surface area contributed by atoms with Crippen LogP contribution in [0.5, 0.6) is 5.75 Å². The minimum absolute atomic E-state index is 0.193. The number of esters is 1. The normalized spacial score (nSPS) is 11.9. The first-order valence-electron chi connectivity index (χ1n) is 6.65. The van der Waals surface area contributed by atoms with E-state index >= 15 is 0 Å². The van der Waals surface area contributed by atoms with Crippen molar-refractivity contribution < 1.29 is 14.3 Å². The molecule has 0 fully saturated rings. The fourth-order valence-corrected chi connectivity index (χ4v) is 1.84. The van der Waals surface area contributed by atoms with Crippen molar-refractivity contribution >= 4 is 5.97 Å². The van der Waals surface area contributed by atoms with Gasteiger partial charge in [0.2, 0.25) is 0 Å². The van der Waals surface area contributed by atoms with Gasteiger partial charge in [0, 0.05) is 6.54 Å². The first kappa shape index (κ1) is 15.5. The van der Waals surface area contributed by atoms with Gasteiger partial charge < -0.3 is 14.8 Å². The minimum atomic E-state index is -0.230. The molecule has 0 radical (unpaired) electrons. The van der Waals surface area contributed by atoms with E-state index in [1.807, 2.05) is 24.3 Å². The molecular formula is C15H23NO3. The summed E-state index contributed by atoms with van der Waals surface area (Å²) < 4.78 is 9.92. The lowest BCUT2D eigenvalue weighted by molar-refractivity contribution is -0.143. The molecule has 1 atom stereocenters. The number of hydrogen-bond donors (Lipinski definition) is 1. The van der Waals surface area contributed by atoms with Gasteiger partial charge in [-0.1, -0.05) is 31.9 Å². The molecule has 0 bridgehead atoms. The molecule has 1 rings (SSSR count). The van der Waals surface area contributed by atoms with Crippen LogP contribution in [0.4, 0.5) is 0 Å². The number of benzene rings is 1. The lowest BCUT2D eigenvalue weighted by Crippen LogP contribution is -2.37. The summed E-state index contributed by atoms with van der Waals surface area (Å²) in [5, 5.41) is 3.24. The van der Waals surface area contributed by atoms with E-state index in [2.05, 4.69) is 12.2 Å². The Morgan fingerprint density at radius 3 is 2.47 bits per heavy atom. The van der Waals surface area contributed by atoms with E-state index in [4.69, 9.17) is 9.47 Å². The molecule has 0 spiro atoms. The zero-order valence-electron chi connectivity index (χ0n) is 11.9. The molecule has 0 aromatic heterocycles. The maximum atomic E-state index is 11.6. The molecule has 0 aliphatic rings. The van der Waals surface area contributed by atoms with Crippen LogP contribution in [-0.4, -0.2) is 26.2 Å². The number of unbranched alkanes of at least 4 members (excludes halogenated alkanes) is 1. The molecule has 19 heavy (non-hydrogen) atoms. The Morgan fingerprint density at radius 2 is 1.95 bits per heavy atom. The van der Waals surface area contributed by atoms with Crippen molar-refractivity contribution in [1.82, 2.24) is 5.32 Å². The second-order valence-corrected chi connectivity index (χ2v) is 4.45. The molecule has 0 saturated carbocycles. The van der Waals surface area contributed by atoms with Gasteiger partial charge in [0.25, 0.3) is 0 Å². The molecule has 4 nitrogen and oxygen atoms in total. The highest BCUT2D eigenvalue weighted by atomic mass is 16.5. The van der Waals surface area contributed by atoms with Crippen LogP contribution in [-0.2, 0) is 16.1 Å². The second-order valence-electron chi connectivity index (χ2n) is 4.45. The monoisotopic (exact) mass is 265 g/mol. The summed E-state index contributed by atoms with van der Waals surface area (Å²) in [5.41, 5.74) is 1.12. The van der Waals surface area contributed by atoms with Gasteiger partial charge in [-0.15, -0.1) is 0 Å². The van der Waals surface area contributed by atoms with Crippen molar-refractivity contribution in [2.45, 2.75) is 38.8 Å². The number of carbonyl (C=O) groups excluding carboxylic acids is 1. The van der Waals surface area contributed by atoms with Crippen molar-refractivity contribution in [3.05, 3.63) is 29.8 Å². The van der Waals surface area contributed by atoms with Crippen molar-refractivity contribution in [1.29, 1.82) is 0 Å². The van der Waals surface area contributed by atoms with Crippen molar-refractivity contribution in [3.8, 4) is 5.75 Å². The third kappa shape index (κ3) is 5.30. The Kier molecular flexibility index (Phi) is 6.97. The third-order valence-electron chi connectivity index (χ3n) is 3.04. The summed E-state index contributed by atoms with van der Waals surface area (Å²) in [7, 11) is 3.07. The van der Waals surface area contributed by atoms with Crippen LogP contribution in [0.25, 0.3) is 0 Å². The largest absolute Gasteiger partial charge is 0.497 e. The van der Waals surface area contributed by atoms with E-state index in [0.717, 1.165) is 30.6 Å². The molecule has 0 aliphatic carbocycles. The van der Waals surface area contributed by atoms with Gasteiger partial charge in [-0.25, -0.2) is 0 Å². The highest BCUT2D eigenvalue weighted by Crippen LogP contribution is 2.11. The summed E-state index contributed by atoms with van der Waals surface area (Å²) in [6.45, 7) is 2.76. The molecule has 106 valence electrons. The minimum Gasteiger partial charge on any atom is -0.497 e. The summed E-state index contributed by atoms with van der Waals surface area (Å²) in [4.78, 5) is 11.6. The van der Waals surface area contributed by atoms with E-state index in [-0.39, 0.29) is 12.0 Å². The van der Waals surface area contributed by atoms with Crippen LogP contribution in [0.3, 0.4) is 0 Å². The molecule has 4 heteroatoms. The summed E-state index contributed by atoms with van der Waals surface area (Å²) >= 11 is 0. The van der Waals surface area contributed by atoms with Crippen molar-refractivity contribution in [2.75, 3.05) is 14.2 Å². The first-order chi connectivity index (χ1) is 9.21. The third-order valence-corrected chi connectivity index (χ3v) is 3.04. The standard InChI is InChI=1S/C15H23NO3/c1-4-5-6-14(15(17)19-3)16-11-12-7-9-13(18-2)10-8-12/h7-10,14,16H,4-6,11H2,1-3H3. The van der Waals surface area contributed by atoms with Crippen LogP contribution in [0.2, 0.25) is 0 Å². The van der Waals surface area contributed by atoms with Crippen molar-refractivity contribution in [2.24, 2.45) is 0 Å². The topological polar surface area (TPSA) is 47.6 Å². The molecular weight excluding hydrogens is 242 g/mol. The van der Waals surface area contributed by atoms with Gasteiger partial charge in [-0.3, -0.25) is 4.79 Å². The van der Waals surface area contributed by atoms with Crippen LogP contribution in [0, 0.1) is 0 Å². The predicted octanol–water partition coefficient (Wildman–Crippen LogP) is 2.52. The number of ether oxygens (including phenoxy) is 2. The Bertz CT molecular complexity index is 375. The van der Waals surface area contributed by atoms with E-state index in [0.29, 0.717) is 6.54 Å². The second kappa shape index (κ2) is 8.53. The zero-order valence-corrected chi connectivity index (χ0v) is 11.9. The SMILES string of the molecule is CCCCC(NCc1ccc(OC)cc1)C(=O)OC. The smallest absolute Gasteiger partial charge is 0.322 e. The molecule has 0 heterocycles. The number of nitrogens with one attached hydrogen (secondary N) is 1. The molecule has 1 aromatic carbocycles. The van der Waals surface area contributed by atoms with Crippen LogP contribution >= 0.6 is 0 Å². The van der Waals surface area contributed by atoms with E-state index in [9.17, 15) is 4.79 Å². The Morgan fingerprint density at radius 1 is 1.26 bits per heavy atom. The average Bonchev–Trinajstić information content (AvgIpc) is 2.47. The Hall–Kier alpha value is -1.55. The van der Waals surface area contributed by atoms with Gasteiger partial charge >= 0.3 is 5.97 Å². The van der Waals surface area contributed by atoms with Crippen LogP contribution < -0.4 is 10.1 Å². The molecule has 0 saturated heterocycles. The highest BCUT2D eigenvalue weighted by Gasteiger charge is 2.17. The van der Waals surface area contributed by atoms with Gasteiger partial charge in [0.05, 0.1) is 14.2 Å². The molecule has 1 N–H and O–H groups in total. The fraction of sp³-hybridized carbons (Fsp3) is 0.533. The number of carbonyl (C=O) groups is 1. The maximum absolute atomic E-state index is 11.6. The average molecular weight is 265 g/mol. The van der Waals surface area contributed by atoms with Crippen LogP contribution in [0.15, 0.2) is 24.3 Å². The van der Waals surface area contributed by atoms with E-state index in [1.165, 1.54) is 7.11 Å². The summed E-state index contributed by atoms with van der Waals surface area (Å²) in [6.07, 6.45) is 2.88. The van der Waals surface area contributed by atoms with Gasteiger partial charge in [-0.2, -0.15) is 0 Å². The zero-order chi connectivity index (χ0) is 14.1. The lowest BCUT2D eigenvalue weighted by Gasteiger charge is -2.16.